The molecule has 0 radical (unpaired) electrons. The summed E-state index contributed by atoms with van der Waals surface area (Å²) in [5.74, 6) is 0. The van der Waals surface area contributed by atoms with Crippen molar-refractivity contribution >= 4 is 15.9 Å². The molecule has 1 nitrogen and oxygen atoms in total. The average molecular weight is 318 g/mol. The standard InChI is InChI=1S/C17H20BrN/c1-3-5-13-6-4-7-14(11-13)17(19)16-9-8-15(18)10-12(16)2/h4,6-11,17H,3,5,19H2,1-2H3. The Hall–Kier alpha value is -1.12. The van der Waals surface area contributed by atoms with Crippen molar-refractivity contribution in [3.63, 3.8) is 0 Å². The van der Waals surface area contributed by atoms with E-state index in [9.17, 15) is 0 Å². The third-order valence-electron chi connectivity index (χ3n) is 3.42. The molecule has 0 aliphatic carbocycles. The SMILES string of the molecule is CCCc1cccc(C(N)c2ccc(Br)cc2C)c1. The molecule has 1 unspecified atom stereocenters. The minimum Gasteiger partial charge on any atom is -0.320 e. The number of rotatable bonds is 4. The zero-order chi connectivity index (χ0) is 13.8. The number of halogens is 1. The highest BCUT2D eigenvalue weighted by Gasteiger charge is 2.11. The number of hydrogen-bond acceptors (Lipinski definition) is 1. The van der Waals surface area contributed by atoms with Crippen molar-refractivity contribution in [3.8, 4) is 0 Å². The van der Waals surface area contributed by atoms with Gasteiger partial charge in [-0.3, -0.25) is 0 Å². The molecule has 0 aliphatic rings. The van der Waals surface area contributed by atoms with E-state index in [1.165, 1.54) is 22.3 Å². The fourth-order valence-electron chi connectivity index (χ4n) is 2.40. The molecule has 0 fully saturated rings. The summed E-state index contributed by atoms with van der Waals surface area (Å²) in [5.41, 5.74) is 11.4. The largest absolute Gasteiger partial charge is 0.320 e. The van der Waals surface area contributed by atoms with Crippen LogP contribution in [-0.4, -0.2) is 0 Å². The van der Waals surface area contributed by atoms with Crippen LogP contribution in [0.15, 0.2) is 46.9 Å². The summed E-state index contributed by atoms with van der Waals surface area (Å²) in [6.07, 6.45) is 2.27. The van der Waals surface area contributed by atoms with Crippen molar-refractivity contribution in [1.82, 2.24) is 0 Å². The van der Waals surface area contributed by atoms with Gasteiger partial charge in [-0.25, -0.2) is 0 Å². The summed E-state index contributed by atoms with van der Waals surface area (Å²) in [7, 11) is 0. The molecule has 100 valence electrons. The van der Waals surface area contributed by atoms with Gasteiger partial charge < -0.3 is 5.73 Å². The second-order valence-corrected chi connectivity index (χ2v) is 5.89. The van der Waals surface area contributed by atoms with Gasteiger partial charge in [-0.1, -0.05) is 59.6 Å². The first kappa shape index (κ1) is 14.3. The lowest BCUT2D eigenvalue weighted by Gasteiger charge is -2.16. The van der Waals surface area contributed by atoms with Gasteiger partial charge in [0.25, 0.3) is 0 Å². The first-order valence-corrected chi connectivity index (χ1v) is 7.51. The van der Waals surface area contributed by atoms with Gasteiger partial charge in [-0.05, 0) is 47.7 Å². The van der Waals surface area contributed by atoms with Gasteiger partial charge in [0.2, 0.25) is 0 Å². The normalized spacial score (nSPS) is 12.4. The van der Waals surface area contributed by atoms with E-state index in [1.807, 2.05) is 0 Å². The first-order chi connectivity index (χ1) is 9.11. The highest BCUT2D eigenvalue weighted by atomic mass is 79.9. The summed E-state index contributed by atoms with van der Waals surface area (Å²) >= 11 is 3.49. The summed E-state index contributed by atoms with van der Waals surface area (Å²) in [6.45, 7) is 4.31. The topological polar surface area (TPSA) is 26.0 Å². The van der Waals surface area contributed by atoms with Crippen LogP contribution in [0.25, 0.3) is 0 Å². The Kier molecular flexibility index (Phi) is 4.78. The van der Waals surface area contributed by atoms with Crippen LogP contribution in [-0.2, 0) is 6.42 Å². The second kappa shape index (κ2) is 6.36. The second-order valence-electron chi connectivity index (χ2n) is 4.97. The van der Waals surface area contributed by atoms with E-state index in [0.717, 1.165) is 17.3 Å². The van der Waals surface area contributed by atoms with Gasteiger partial charge in [0.1, 0.15) is 0 Å². The summed E-state index contributed by atoms with van der Waals surface area (Å²) in [6, 6.07) is 14.9. The Morgan fingerprint density at radius 3 is 2.63 bits per heavy atom. The molecule has 0 bridgehead atoms. The lowest BCUT2D eigenvalue weighted by atomic mass is 9.94. The van der Waals surface area contributed by atoms with Crippen LogP contribution in [0, 0.1) is 6.92 Å². The van der Waals surface area contributed by atoms with E-state index in [4.69, 9.17) is 5.73 Å². The fourth-order valence-corrected chi connectivity index (χ4v) is 2.87. The number of nitrogens with two attached hydrogens (primary N) is 1. The molecule has 0 aromatic heterocycles. The smallest absolute Gasteiger partial charge is 0.0554 e. The van der Waals surface area contributed by atoms with E-state index in [0.29, 0.717) is 0 Å². The molecule has 19 heavy (non-hydrogen) atoms. The predicted octanol–water partition coefficient (Wildman–Crippen LogP) is 4.76. The molecule has 0 saturated heterocycles. The molecular weight excluding hydrogens is 298 g/mol. The predicted molar refractivity (Wildman–Crippen MR) is 85.3 cm³/mol. The molecule has 2 heteroatoms. The third-order valence-corrected chi connectivity index (χ3v) is 3.91. The van der Waals surface area contributed by atoms with Crippen LogP contribution in [0.3, 0.4) is 0 Å². The van der Waals surface area contributed by atoms with Crippen LogP contribution >= 0.6 is 15.9 Å². The monoisotopic (exact) mass is 317 g/mol. The van der Waals surface area contributed by atoms with Gasteiger partial charge in [0.05, 0.1) is 6.04 Å². The van der Waals surface area contributed by atoms with Crippen molar-refractivity contribution in [2.24, 2.45) is 5.73 Å². The molecule has 2 rings (SSSR count). The molecule has 1 atom stereocenters. The van der Waals surface area contributed by atoms with E-state index in [2.05, 4.69) is 72.2 Å². The minimum absolute atomic E-state index is 0.0510. The molecule has 0 amide bonds. The van der Waals surface area contributed by atoms with E-state index in [1.54, 1.807) is 0 Å². The van der Waals surface area contributed by atoms with Crippen molar-refractivity contribution in [2.45, 2.75) is 32.7 Å². The van der Waals surface area contributed by atoms with Crippen LogP contribution in [0.1, 0.15) is 41.6 Å². The molecule has 0 saturated carbocycles. The van der Waals surface area contributed by atoms with Crippen LogP contribution < -0.4 is 5.73 Å². The zero-order valence-electron chi connectivity index (χ0n) is 11.5. The van der Waals surface area contributed by atoms with Crippen molar-refractivity contribution in [3.05, 3.63) is 69.2 Å². The van der Waals surface area contributed by atoms with Crippen molar-refractivity contribution in [1.29, 1.82) is 0 Å². The molecular formula is C17H20BrN. The van der Waals surface area contributed by atoms with Gasteiger partial charge in [0.15, 0.2) is 0 Å². The summed E-state index contributed by atoms with van der Waals surface area (Å²) in [5, 5.41) is 0. The maximum absolute atomic E-state index is 6.42. The number of benzene rings is 2. The maximum Gasteiger partial charge on any atom is 0.0554 e. The Labute approximate surface area is 124 Å². The Morgan fingerprint density at radius 1 is 1.16 bits per heavy atom. The highest BCUT2D eigenvalue weighted by molar-refractivity contribution is 9.10. The molecule has 2 N–H and O–H groups in total. The van der Waals surface area contributed by atoms with Crippen LogP contribution in [0.2, 0.25) is 0 Å². The molecule has 2 aromatic rings. The average Bonchev–Trinajstić information content (AvgIpc) is 2.39. The minimum atomic E-state index is -0.0510. The highest BCUT2D eigenvalue weighted by Crippen LogP contribution is 2.25. The molecule has 0 spiro atoms. The maximum atomic E-state index is 6.42. The summed E-state index contributed by atoms with van der Waals surface area (Å²) < 4.78 is 1.10. The van der Waals surface area contributed by atoms with Gasteiger partial charge in [0, 0.05) is 4.47 Å². The van der Waals surface area contributed by atoms with Gasteiger partial charge >= 0.3 is 0 Å². The van der Waals surface area contributed by atoms with Gasteiger partial charge in [-0.15, -0.1) is 0 Å². The molecule has 0 heterocycles. The third kappa shape index (κ3) is 3.46. The Bertz CT molecular complexity index is 563. The Morgan fingerprint density at radius 2 is 1.95 bits per heavy atom. The van der Waals surface area contributed by atoms with Gasteiger partial charge in [-0.2, -0.15) is 0 Å². The fraction of sp³-hybridized carbons (Fsp3) is 0.294. The number of aryl methyl sites for hydroxylation is 2. The van der Waals surface area contributed by atoms with Crippen molar-refractivity contribution < 1.29 is 0 Å². The Balaban J connectivity index is 2.32. The first-order valence-electron chi connectivity index (χ1n) is 6.72. The summed E-state index contributed by atoms with van der Waals surface area (Å²) in [4.78, 5) is 0. The van der Waals surface area contributed by atoms with Crippen LogP contribution in [0.4, 0.5) is 0 Å². The lowest BCUT2D eigenvalue weighted by molar-refractivity contribution is 0.850. The number of hydrogen-bond donors (Lipinski definition) is 1. The van der Waals surface area contributed by atoms with E-state index >= 15 is 0 Å². The van der Waals surface area contributed by atoms with Crippen LogP contribution in [0.5, 0.6) is 0 Å². The van der Waals surface area contributed by atoms with E-state index in [-0.39, 0.29) is 6.04 Å². The zero-order valence-corrected chi connectivity index (χ0v) is 13.1. The lowest BCUT2D eigenvalue weighted by Crippen LogP contribution is -2.13. The quantitative estimate of drug-likeness (QED) is 0.864. The van der Waals surface area contributed by atoms with E-state index < -0.39 is 0 Å². The molecule has 0 aliphatic heterocycles. The molecule has 2 aromatic carbocycles. The van der Waals surface area contributed by atoms with Crippen molar-refractivity contribution in [2.75, 3.05) is 0 Å².